The van der Waals surface area contributed by atoms with E-state index in [0.717, 1.165) is 5.56 Å². The first-order valence-electron chi connectivity index (χ1n) is 9.89. The number of hydrogen-bond donors (Lipinski definition) is 0. The predicted octanol–water partition coefficient (Wildman–Crippen LogP) is 4.30. The zero-order chi connectivity index (χ0) is 22.1. The third kappa shape index (κ3) is 3.76. The largest absolute Gasteiger partial charge is 0.497 e. The number of ether oxygens (including phenoxy) is 5. The van der Waals surface area contributed by atoms with Crippen molar-refractivity contribution in [3.05, 3.63) is 83.1 Å². The number of methoxy groups -OCH3 is 1. The highest BCUT2D eigenvalue weighted by atomic mass is 16.7. The summed E-state index contributed by atoms with van der Waals surface area (Å²) in [6.07, 6.45) is 1.65. The van der Waals surface area contributed by atoms with Crippen molar-refractivity contribution in [1.82, 2.24) is 0 Å². The summed E-state index contributed by atoms with van der Waals surface area (Å²) in [7, 11) is 1.57. The molecule has 2 aliphatic heterocycles. The number of rotatable bonds is 6. The molecule has 0 unspecified atom stereocenters. The number of hydrogen-bond acceptors (Lipinski definition) is 7. The molecule has 0 amide bonds. The predicted molar refractivity (Wildman–Crippen MR) is 115 cm³/mol. The van der Waals surface area contributed by atoms with Crippen LogP contribution in [0.4, 0.5) is 0 Å². The lowest BCUT2D eigenvalue weighted by atomic mass is 10.1. The topological polar surface area (TPSA) is 80.3 Å². The highest BCUT2D eigenvalue weighted by Crippen LogP contribution is 2.37. The number of carbonyl (C=O) groups excluding carboxylic acids is 2. The van der Waals surface area contributed by atoms with Gasteiger partial charge < -0.3 is 23.7 Å². The van der Waals surface area contributed by atoms with E-state index in [1.54, 1.807) is 67.8 Å². The molecule has 0 aromatic heterocycles. The molecule has 0 saturated carbocycles. The van der Waals surface area contributed by atoms with E-state index in [-0.39, 0.29) is 30.7 Å². The monoisotopic (exact) mass is 430 g/mol. The fourth-order valence-corrected chi connectivity index (χ4v) is 3.42. The molecule has 0 atom stereocenters. The Kier molecular flexibility index (Phi) is 4.99. The van der Waals surface area contributed by atoms with Crippen LogP contribution in [0, 0.1) is 0 Å². The first-order valence-corrected chi connectivity index (χ1v) is 9.89. The van der Waals surface area contributed by atoms with Gasteiger partial charge in [0.2, 0.25) is 12.6 Å². The van der Waals surface area contributed by atoms with Crippen molar-refractivity contribution < 1.29 is 33.3 Å². The van der Waals surface area contributed by atoms with E-state index in [2.05, 4.69) is 0 Å². The molecule has 0 radical (unpaired) electrons. The van der Waals surface area contributed by atoms with Crippen LogP contribution in [0.5, 0.6) is 28.7 Å². The summed E-state index contributed by atoms with van der Waals surface area (Å²) < 4.78 is 27.1. The highest BCUT2D eigenvalue weighted by molar-refractivity contribution is 6.14. The minimum atomic E-state index is -0.224. The van der Waals surface area contributed by atoms with Crippen LogP contribution in [-0.4, -0.2) is 32.1 Å². The van der Waals surface area contributed by atoms with Gasteiger partial charge in [0.15, 0.2) is 29.6 Å². The molecular weight excluding hydrogens is 412 g/mol. The van der Waals surface area contributed by atoms with Crippen LogP contribution in [0.15, 0.2) is 66.4 Å². The summed E-state index contributed by atoms with van der Waals surface area (Å²) in [6.45, 7) is 0.0406. The number of carbonyl (C=O) groups is 2. The minimum absolute atomic E-state index is 0.140. The lowest BCUT2D eigenvalue weighted by molar-refractivity contribution is 0.0920. The second-order valence-electron chi connectivity index (χ2n) is 7.15. The molecule has 3 aromatic rings. The summed E-state index contributed by atoms with van der Waals surface area (Å²) in [5, 5.41) is 0. The molecule has 160 valence electrons. The number of fused-ring (bicyclic) bond motifs is 2. The molecule has 2 heterocycles. The van der Waals surface area contributed by atoms with Crippen molar-refractivity contribution >= 4 is 17.6 Å². The van der Waals surface area contributed by atoms with Gasteiger partial charge >= 0.3 is 0 Å². The zero-order valence-electron chi connectivity index (χ0n) is 17.1. The molecular formula is C25H18O7. The molecule has 0 N–H and O–H groups in total. The Morgan fingerprint density at radius 3 is 2.53 bits per heavy atom. The van der Waals surface area contributed by atoms with E-state index in [1.165, 1.54) is 0 Å². The van der Waals surface area contributed by atoms with Gasteiger partial charge in [0.25, 0.3) is 0 Å². The fourth-order valence-electron chi connectivity index (χ4n) is 3.42. The Bertz CT molecular complexity index is 1240. The number of Topliss-reactive ketones (excluding diaryl/α,β-unsaturated/α-hetero) is 2. The molecule has 7 nitrogen and oxygen atoms in total. The van der Waals surface area contributed by atoms with E-state index in [1.807, 2.05) is 6.07 Å². The SMILES string of the molecule is COc1ccc(C(=O)COc2ccc3c(c2)O/C(=C\c2ccc4c(c2)OCO4)C3=O)cc1. The number of ketones is 2. The summed E-state index contributed by atoms with van der Waals surface area (Å²) in [5.41, 5.74) is 1.71. The van der Waals surface area contributed by atoms with Crippen LogP contribution >= 0.6 is 0 Å². The van der Waals surface area contributed by atoms with Crippen molar-refractivity contribution in [3.63, 3.8) is 0 Å². The van der Waals surface area contributed by atoms with Gasteiger partial charge in [-0.05, 0) is 60.2 Å². The standard InChI is InChI=1S/C25H18O7/c1-28-17-5-3-16(4-6-17)20(26)13-29-18-7-8-19-22(12-18)32-24(25(19)27)11-15-2-9-21-23(10-15)31-14-30-21/h2-12H,13-14H2,1H3/b24-11-. The first kappa shape index (κ1) is 19.7. The zero-order valence-corrected chi connectivity index (χ0v) is 17.1. The Balaban J connectivity index is 1.28. The van der Waals surface area contributed by atoms with Gasteiger partial charge in [-0.3, -0.25) is 9.59 Å². The van der Waals surface area contributed by atoms with Crippen LogP contribution in [-0.2, 0) is 0 Å². The van der Waals surface area contributed by atoms with Gasteiger partial charge in [0, 0.05) is 11.6 Å². The van der Waals surface area contributed by atoms with Crippen LogP contribution in [0.25, 0.3) is 6.08 Å². The van der Waals surface area contributed by atoms with Crippen molar-refractivity contribution in [2.45, 2.75) is 0 Å². The maximum absolute atomic E-state index is 12.7. The van der Waals surface area contributed by atoms with Crippen molar-refractivity contribution in [2.24, 2.45) is 0 Å². The van der Waals surface area contributed by atoms with Gasteiger partial charge in [0.05, 0.1) is 12.7 Å². The summed E-state index contributed by atoms with van der Waals surface area (Å²) in [6, 6.07) is 17.1. The summed E-state index contributed by atoms with van der Waals surface area (Å²) in [4.78, 5) is 25.1. The molecule has 3 aromatic carbocycles. The second kappa shape index (κ2) is 8.11. The van der Waals surface area contributed by atoms with E-state index in [0.29, 0.717) is 39.9 Å². The fraction of sp³-hybridized carbons (Fsp3) is 0.120. The molecule has 0 saturated heterocycles. The van der Waals surface area contributed by atoms with Crippen LogP contribution in [0.2, 0.25) is 0 Å². The van der Waals surface area contributed by atoms with Crippen molar-refractivity contribution in [1.29, 1.82) is 0 Å². The third-order valence-electron chi connectivity index (χ3n) is 5.12. The lowest BCUT2D eigenvalue weighted by Crippen LogP contribution is -2.11. The molecule has 7 heteroatoms. The van der Waals surface area contributed by atoms with Crippen molar-refractivity contribution in [3.8, 4) is 28.7 Å². The van der Waals surface area contributed by atoms with E-state index in [9.17, 15) is 9.59 Å². The minimum Gasteiger partial charge on any atom is -0.497 e. The molecule has 32 heavy (non-hydrogen) atoms. The first-order chi connectivity index (χ1) is 15.6. The average Bonchev–Trinajstić information content (AvgIpc) is 3.41. The van der Waals surface area contributed by atoms with Crippen LogP contribution < -0.4 is 23.7 Å². The Hall–Kier alpha value is -4.26. The summed E-state index contributed by atoms with van der Waals surface area (Å²) in [5.74, 6) is 2.59. The van der Waals surface area contributed by atoms with E-state index in [4.69, 9.17) is 23.7 Å². The van der Waals surface area contributed by atoms with Gasteiger partial charge in [-0.25, -0.2) is 0 Å². The molecule has 0 aliphatic carbocycles. The van der Waals surface area contributed by atoms with Crippen LogP contribution in [0.3, 0.4) is 0 Å². The van der Waals surface area contributed by atoms with Gasteiger partial charge in [-0.2, -0.15) is 0 Å². The molecule has 0 fully saturated rings. The summed E-state index contributed by atoms with van der Waals surface area (Å²) >= 11 is 0. The Morgan fingerprint density at radius 1 is 0.938 bits per heavy atom. The maximum atomic E-state index is 12.7. The number of benzene rings is 3. The van der Waals surface area contributed by atoms with Gasteiger partial charge in [0.1, 0.15) is 17.2 Å². The van der Waals surface area contributed by atoms with Crippen molar-refractivity contribution in [2.75, 3.05) is 20.5 Å². The van der Waals surface area contributed by atoms with Gasteiger partial charge in [-0.1, -0.05) is 6.07 Å². The van der Waals surface area contributed by atoms with E-state index < -0.39 is 0 Å². The normalized spacial score (nSPS) is 14.8. The van der Waals surface area contributed by atoms with Gasteiger partial charge in [-0.15, -0.1) is 0 Å². The third-order valence-corrected chi connectivity index (χ3v) is 5.12. The Morgan fingerprint density at radius 2 is 1.72 bits per heavy atom. The smallest absolute Gasteiger partial charge is 0.231 e. The lowest BCUT2D eigenvalue weighted by Gasteiger charge is -2.07. The average molecular weight is 430 g/mol. The maximum Gasteiger partial charge on any atom is 0.231 e. The molecule has 0 spiro atoms. The highest BCUT2D eigenvalue weighted by Gasteiger charge is 2.28. The quantitative estimate of drug-likeness (QED) is 0.426. The van der Waals surface area contributed by atoms with Crippen LogP contribution in [0.1, 0.15) is 26.3 Å². The molecule has 2 aliphatic rings. The number of allylic oxidation sites excluding steroid dienone is 1. The second-order valence-corrected chi connectivity index (χ2v) is 7.15. The van der Waals surface area contributed by atoms with E-state index >= 15 is 0 Å². The Labute approximate surface area is 183 Å². The molecule has 5 rings (SSSR count). The molecule has 0 bridgehead atoms.